The summed E-state index contributed by atoms with van der Waals surface area (Å²) in [7, 11) is 0. The maximum atomic E-state index is 12.3. The third-order valence-corrected chi connectivity index (χ3v) is 3.85. The maximum absolute atomic E-state index is 12.3. The molecule has 0 spiro atoms. The molecule has 1 aliphatic heterocycles. The minimum absolute atomic E-state index is 0.228. The number of hydrogen-bond acceptors (Lipinski definition) is 5. The van der Waals surface area contributed by atoms with Gasteiger partial charge in [-0.05, 0) is 60.8 Å². The van der Waals surface area contributed by atoms with Crippen LogP contribution in [-0.4, -0.2) is 58.0 Å². The molecule has 8 heteroatoms. The Morgan fingerprint density at radius 1 is 1.00 bits per heavy atom. The lowest BCUT2D eigenvalue weighted by atomic mass is 9.87. The highest BCUT2D eigenvalue weighted by Crippen LogP contribution is 2.27. The Labute approximate surface area is 155 Å². The van der Waals surface area contributed by atoms with E-state index in [2.05, 4.69) is 5.32 Å². The number of amides is 2. The van der Waals surface area contributed by atoms with Crippen molar-refractivity contribution in [3.63, 3.8) is 0 Å². The number of aliphatic carboxylic acids is 1. The number of carboxylic acid groups (broad SMARTS) is 1. The van der Waals surface area contributed by atoms with Crippen molar-refractivity contribution in [3.8, 4) is 0 Å². The Bertz CT molecular complexity index is 535. The van der Waals surface area contributed by atoms with Gasteiger partial charge in [0.15, 0.2) is 0 Å². The van der Waals surface area contributed by atoms with Crippen LogP contribution in [0.15, 0.2) is 0 Å². The van der Waals surface area contributed by atoms with Crippen molar-refractivity contribution >= 4 is 18.2 Å². The Balaban J connectivity index is 2.85. The van der Waals surface area contributed by atoms with Crippen LogP contribution in [0.5, 0.6) is 0 Å². The number of rotatable bonds is 3. The minimum Gasteiger partial charge on any atom is -0.481 e. The summed E-state index contributed by atoms with van der Waals surface area (Å²) < 4.78 is 10.7. The molecular formula is C18H32N2O6. The van der Waals surface area contributed by atoms with E-state index in [0.717, 1.165) is 0 Å². The van der Waals surface area contributed by atoms with Crippen LogP contribution in [0.4, 0.5) is 9.59 Å². The third-order valence-electron chi connectivity index (χ3n) is 3.85. The average molecular weight is 372 g/mol. The van der Waals surface area contributed by atoms with Gasteiger partial charge < -0.3 is 24.8 Å². The number of hydrogen-bond donors (Lipinski definition) is 2. The van der Waals surface area contributed by atoms with Crippen LogP contribution in [0.1, 0.15) is 67.2 Å². The predicted molar refractivity (Wildman–Crippen MR) is 96.0 cm³/mol. The second kappa shape index (κ2) is 8.14. The Morgan fingerprint density at radius 2 is 1.58 bits per heavy atom. The van der Waals surface area contributed by atoms with Crippen molar-refractivity contribution in [3.05, 3.63) is 0 Å². The molecule has 0 aliphatic carbocycles. The third kappa shape index (κ3) is 7.93. The molecule has 1 aliphatic rings. The summed E-state index contributed by atoms with van der Waals surface area (Å²) in [5.74, 6) is -1.01. The van der Waals surface area contributed by atoms with Gasteiger partial charge >= 0.3 is 18.2 Å². The molecule has 0 radical (unpaired) electrons. The molecule has 2 N–H and O–H groups in total. The molecule has 26 heavy (non-hydrogen) atoms. The van der Waals surface area contributed by atoms with Crippen LogP contribution in [0.25, 0.3) is 0 Å². The Kier molecular flexibility index (Phi) is 6.90. The van der Waals surface area contributed by atoms with E-state index in [-0.39, 0.29) is 6.42 Å². The van der Waals surface area contributed by atoms with E-state index in [1.165, 1.54) is 0 Å². The molecule has 0 saturated carbocycles. The Morgan fingerprint density at radius 3 is 2.08 bits per heavy atom. The van der Waals surface area contributed by atoms with Gasteiger partial charge in [-0.3, -0.25) is 4.79 Å². The van der Waals surface area contributed by atoms with E-state index in [0.29, 0.717) is 32.4 Å². The van der Waals surface area contributed by atoms with E-state index < -0.39 is 34.9 Å². The van der Waals surface area contributed by atoms with Gasteiger partial charge in [-0.15, -0.1) is 0 Å². The molecular weight excluding hydrogens is 340 g/mol. The molecule has 0 aromatic carbocycles. The van der Waals surface area contributed by atoms with Crippen LogP contribution in [-0.2, 0) is 14.3 Å². The average Bonchev–Trinajstić information content (AvgIpc) is 2.56. The highest BCUT2D eigenvalue weighted by atomic mass is 16.6. The quantitative estimate of drug-likeness (QED) is 0.788. The number of nitrogens with one attached hydrogen (secondary N) is 1. The first-order chi connectivity index (χ1) is 11.7. The fourth-order valence-corrected chi connectivity index (χ4v) is 2.86. The normalized spacial score (nSPS) is 21.5. The zero-order valence-corrected chi connectivity index (χ0v) is 16.7. The predicted octanol–water partition coefficient (Wildman–Crippen LogP) is 3.15. The first-order valence-corrected chi connectivity index (χ1v) is 8.92. The number of likely N-dealkylation sites (tertiary alicyclic amines) is 1. The topological polar surface area (TPSA) is 105 Å². The van der Waals surface area contributed by atoms with Crippen LogP contribution in [0, 0.1) is 0 Å². The van der Waals surface area contributed by atoms with E-state index in [9.17, 15) is 19.5 Å². The molecule has 2 amide bonds. The Hall–Kier alpha value is -1.99. The van der Waals surface area contributed by atoms with Gasteiger partial charge in [-0.2, -0.15) is 0 Å². The lowest BCUT2D eigenvalue weighted by molar-refractivity contribution is -0.138. The number of ether oxygens (including phenoxy) is 2. The summed E-state index contributed by atoms with van der Waals surface area (Å²) in [6.45, 7) is 11.4. The van der Waals surface area contributed by atoms with Crippen LogP contribution < -0.4 is 5.32 Å². The highest BCUT2D eigenvalue weighted by Gasteiger charge is 2.39. The molecule has 1 rings (SSSR count). The van der Waals surface area contributed by atoms with E-state index >= 15 is 0 Å². The standard InChI is InChI=1S/C18H32N2O6/c1-16(2,3)25-14(23)19-18(12-13(21)22)8-7-10-20(11-9-18)15(24)26-17(4,5)6/h7-12H2,1-6H3,(H,19,23)(H,21,22). The van der Waals surface area contributed by atoms with Crippen LogP contribution in [0.2, 0.25) is 0 Å². The van der Waals surface area contributed by atoms with E-state index in [4.69, 9.17) is 9.47 Å². The van der Waals surface area contributed by atoms with Crippen LogP contribution >= 0.6 is 0 Å². The largest absolute Gasteiger partial charge is 0.481 e. The molecule has 0 aromatic rings. The summed E-state index contributed by atoms with van der Waals surface area (Å²) in [6.07, 6.45) is 0.0113. The maximum Gasteiger partial charge on any atom is 0.410 e. The summed E-state index contributed by atoms with van der Waals surface area (Å²) in [4.78, 5) is 37.4. The minimum atomic E-state index is -1.01. The van der Waals surface area contributed by atoms with E-state index in [1.807, 2.05) is 0 Å². The molecule has 1 heterocycles. The van der Waals surface area contributed by atoms with Gasteiger partial charge in [0.05, 0.1) is 12.0 Å². The SMILES string of the molecule is CC(C)(C)OC(=O)NC1(CC(=O)O)CCCN(C(=O)OC(C)(C)C)CC1. The van der Waals surface area contributed by atoms with Gasteiger partial charge in [0.25, 0.3) is 0 Å². The van der Waals surface area contributed by atoms with Crippen molar-refractivity contribution in [1.82, 2.24) is 10.2 Å². The summed E-state index contributed by atoms with van der Waals surface area (Å²) in [5, 5.41) is 12.0. The van der Waals surface area contributed by atoms with Crippen molar-refractivity contribution in [2.45, 2.75) is 84.0 Å². The second-order valence-corrected chi connectivity index (χ2v) is 8.80. The molecule has 150 valence electrons. The van der Waals surface area contributed by atoms with Crippen molar-refractivity contribution in [1.29, 1.82) is 0 Å². The zero-order chi connectivity index (χ0) is 20.2. The van der Waals surface area contributed by atoms with Gasteiger partial charge in [0.2, 0.25) is 0 Å². The fraction of sp³-hybridized carbons (Fsp3) is 0.833. The molecule has 1 saturated heterocycles. The summed E-state index contributed by atoms with van der Waals surface area (Å²) in [5.41, 5.74) is -2.23. The van der Waals surface area contributed by atoms with Gasteiger partial charge in [0.1, 0.15) is 11.2 Å². The van der Waals surface area contributed by atoms with Gasteiger partial charge in [-0.1, -0.05) is 0 Å². The number of nitrogens with zero attached hydrogens (tertiary/aromatic N) is 1. The van der Waals surface area contributed by atoms with Gasteiger partial charge in [0, 0.05) is 13.1 Å². The molecule has 0 aromatic heterocycles. The first-order valence-electron chi connectivity index (χ1n) is 8.92. The first kappa shape index (κ1) is 22.1. The lowest BCUT2D eigenvalue weighted by Crippen LogP contribution is -2.52. The summed E-state index contributed by atoms with van der Waals surface area (Å²) in [6, 6.07) is 0. The number of carboxylic acids is 1. The monoisotopic (exact) mass is 372 g/mol. The number of carbonyl (C=O) groups excluding carboxylic acids is 2. The zero-order valence-electron chi connectivity index (χ0n) is 16.7. The fourth-order valence-electron chi connectivity index (χ4n) is 2.86. The van der Waals surface area contributed by atoms with E-state index in [1.54, 1.807) is 46.4 Å². The molecule has 1 atom stereocenters. The smallest absolute Gasteiger partial charge is 0.410 e. The molecule has 0 bridgehead atoms. The van der Waals surface area contributed by atoms with Crippen molar-refractivity contribution in [2.24, 2.45) is 0 Å². The van der Waals surface area contributed by atoms with Crippen molar-refractivity contribution < 1.29 is 29.0 Å². The lowest BCUT2D eigenvalue weighted by Gasteiger charge is -2.33. The number of carbonyl (C=O) groups is 3. The number of alkyl carbamates (subject to hydrolysis) is 1. The summed E-state index contributed by atoms with van der Waals surface area (Å²) >= 11 is 0. The second-order valence-electron chi connectivity index (χ2n) is 8.80. The van der Waals surface area contributed by atoms with Crippen LogP contribution in [0.3, 0.4) is 0 Å². The molecule has 1 unspecified atom stereocenters. The van der Waals surface area contributed by atoms with Gasteiger partial charge in [-0.25, -0.2) is 9.59 Å². The molecule has 1 fully saturated rings. The van der Waals surface area contributed by atoms with Crippen molar-refractivity contribution in [2.75, 3.05) is 13.1 Å². The molecule has 8 nitrogen and oxygen atoms in total. The highest BCUT2D eigenvalue weighted by molar-refractivity contribution is 5.73.